The maximum absolute atomic E-state index is 12.0. The van der Waals surface area contributed by atoms with Gasteiger partial charge >= 0.3 is 19.1 Å². The Bertz CT molecular complexity index is 1180. The highest BCUT2D eigenvalue weighted by Crippen LogP contribution is 2.29. The van der Waals surface area contributed by atoms with E-state index in [1.54, 1.807) is 56.8 Å². The minimum absolute atomic E-state index is 0.0182. The maximum atomic E-state index is 12.0. The summed E-state index contributed by atoms with van der Waals surface area (Å²) < 4.78 is 28.2. The molecule has 2 heterocycles. The number of carbonyl (C=O) groups is 2. The zero-order chi connectivity index (χ0) is 26.2. The second-order valence-corrected chi connectivity index (χ2v) is 8.74. The SMILES string of the molecule is C=C1CC[C@@H](Oc2ccc(B3OC(=O)CN(C)CC(=O)O3)cc2)C/C=C\C=C1Oc1ncccc1OC. The fourth-order valence-corrected chi connectivity index (χ4v) is 3.87. The summed E-state index contributed by atoms with van der Waals surface area (Å²) in [6, 6.07) is 10.6. The van der Waals surface area contributed by atoms with Gasteiger partial charge in [-0.15, -0.1) is 0 Å². The van der Waals surface area contributed by atoms with Crippen LogP contribution in [0.25, 0.3) is 0 Å². The van der Waals surface area contributed by atoms with Crippen molar-refractivity contribution in [3.05, 3.63) is 78.7 Å². The molecule has 1 aliphatic heterocycles. The Labute approximate surface area is 216 Å². The lowest BCUT2D eigenvalue weighted by molar-refractivity contribution is -0.145. The highest BCUT2D eigenvalue weighted by atomic mass is 16.6. The highest BCUT2D eigenvalue weighted by Gasteiger charge is 2.33. The van der Waals surface area contributed by atoms with Gasteiger partial charge in [-0.3, -0.25) is 14.5 Å². The first-order valence-electron chi connectivity index (χ1n) is 12.0. The summed E-state index contributed by atoms with van der Waals surface area (Å²) in [5, 5.41) is 0. The molecule has 0 spiro atoms. The van der Waals surface area contributed by atoms with E-state index in [0.29, 0.717) is 41.4 Å². The van der Waals surface area contributed by atoms with Crippen molar-refractivity contribution < 1.29 is 33.1 Å². The van der Waals surface area contributed by atoms with Gasteiger partial charge in [0.25, 0.3) is 5.88 Å². The van der Waals surface area contributed by atoms with Crippen molar-refractivity contribution in [1.29, 1.82) is 0 Å². The molecular weight excluding hydrogens is 475 g/mol. The van der Waals surface area contributed by atoms with Crippen molar-refractivity contribution in [2.45, 2.75) is 25.4 Å². The van der Waals surface area contributed by atoms with Crippen molar-refractivity contribution in [2.75, 3.05) is 27.2 Å². The van der Waals surface area contributed by atoms with Gasteiger partial charge in [0, 0.05) is 18.1 Å². The molecular formula is C27H29BN2O7. The van der Waals surface area contributed by atoms with Crippen LogP contribution in [0.5, 0.6) is 17.4 Å². The van der Waals surface area contributed by atoms with E-state index in [9.17, 15) is 9.59 Å². The first-order valence-corrected chi connectivity index (χ1v) is 12.0. The van der Waals surface area contributed by atoms with Gasteiger partial charge in [-0.25, -0.2) is 4.98 Å². The fraction of sp³-hybridized carbons (Fsp3) is 0.296. The molecule has 4 rings (SSSR count). The molecule has 0 amide bonds. The molecule has 1 aromatic carbocycles. The molecule has 1 aromatic heterocycles. The van der Waals surface area contributed by atoms with Crippen LogP contribution in [0.4, 0.5) is 0 Å². The molecule has 0 saturated carbocycles. The van der Waals surface area contributed by atoms with Gasteiger partial charge in [0.2, 0.25) is 0 Å². The van der Waals surface area contributed by atoms with Crippen LogP contribution in [0, 0.1) is 0 Å². The molecule has 192 valence electrons. The number of hydrogen-bond acceptors (Lipinski definition) is 9. The predicted molar refractivity (Wildman–Crippen MR) is 138 cm³/mol. The van der Waals surface area contributed by atoms with Crippen LogP contribution in [0.3, 0.4) is 0 Å². The Kier molecular flexibility index (Phi) is 8.63. The van der Waals surface area contributed by atoms with Gasteiger partial charge in [0.05, 0.1) is 20.2 Å². The van der Waals surface area contributed by atoms with Crippen LogP contribution in [-0.2, 0) is 18.9 Å². The summed E-state index contributed by atoms with van der Waals surface area (Å²) in [6.07, 6.45) is 9.41. The molecule has 1 aliphatic carbocycles. The summed E-state index contributed by atoms with van der Waals surface area (Å²) >= 11 is 0. The third-order valence-electron chi connectivity index (χ3n) is 5.79. The third kappa shape index (κ3) is 7.23. The van der Waals surface area contributed by atoms with E-state index in [4.69, 9.17) is 23.5 Å². The monoisotopic (exact) mass is 504 g/mol. The Hall–Kier alpha value is -4.05. The van der Waals surface area contributed by atoms with Crippen molar-refractivity contribution in [2.24, 2.45) is 0 Å². The quantitative estimate of drug-likeness (QED) is 0.551. The molecule has 10 heteroatoms. The van der Waals surface area contributed by atoms with Crippen LogP contribution in [0.15, 0.2) is 78.7 Å². The molecule has 0 unspecified atom stereocenters. The second-order valence-electron chi connectivity index (χ2n) is 8.74. The Morgan fingerprint density at radius 1 is 1.11 bits per heavy atom. The molecule has 0 N–H and O–H groups in total. The van der Waals surface area contributed by atoms with Crippen LogP contribution in [-0.4, -0.2) is 62.3 Å². The molecule has 0 bridgehead atoms. The Morgan fingerprint density at radius 2 is 1.84 bits per heavy atom. The molecule has 2 aliphatic rings. The topological polar surface area (TPSA) is 96.4 Å². The van der Waals surface area contributed by atoms with Crippen LogP contribution in [0.1, 0.15) is 19.3 Å². The molecule has 0 radical (unpaired) electrons. The smallest absolute Gasteiger partial charge is 0.494 e. The van der Waals surface area contributed by atoms with Gasteiger partial charge in [-0.2, -0.15) is 0 Å². The Balaban J connectivity index is 1.36. The summed E-state index contributed by atoms with van der Waals surface area (Å²) in [5.41, 5.74) is 1.37. The maximum Gasteiger partial charge on any atom is 0.636 e. The van der Waals surface area contributed by atoms with Crippen LogP contribution in [0.2, 0.25) is 0 Å². The highest BCUT2D eigenvalue weighted by molar-refractivity contribution is 6.64. The summed E-state index contributed by atoms with van der Waals surface area (Å²) in [5.74, 6) is 1.27. The number of rotatable bonds is 6. The zero-order valence-electron chi connectivity index (χ0n) is 20.9. The van der Waals surface area contributed by atoms with E-state index >= 15 is 0 Å². The number of pyridine rings is 1. The van der Waals surface area contributed by atoms with E-state index in [-0.39, 0.29) is 19.2 Å². The number of methoxy groups -OCH3 is 1. The van der Waals surface area contributed by atoms with Crippen LogP contribution < -0.4 is 19.7 Å². The first kappa shape index (κ1) is 26.0. The number of nitrogens with zero attached hydrogens (tertiary/aromatic N) is 2. The van der Waals surface area contributed by atoms with Crippen LogP contribution >= 0.6 is 0 Å². The van der Waals surface area contributed by atoms with Gasteiger partial charge < -0.3 is 23.5 Å². The standard InChI is InChI=1S/C27H29BN2O7/c1-19-10-13-21(7-4-5-8-23(19)35-27-24(33-3)9-6-16-29-27)34-22-14-11-20(12-15-22)28-36-25(31)17-30(2)18-26(32)37-28/h4-6,8-9,11-12,14-16,21H,1,7,10,13,17-18H2,2-3H3/b5-4-,23-8?/t21-/m0/s1. The molecule has 1 saturated heterocycles. The van der Waals surface area contributed by atoms with Crippen molar-refractivity contribution in [1.82, 2.24) is 9.88 Å². The number of benzene rings is 1. The normalized spacial score (nSPS) is 20.2. The van der Waals surface area contributed by atoms with Gasteiger partial charge in [-0.05, 0) is 55.8 Å². The van der Waals surface area contributed by atoms with Crippen molar-refractivity contribution >= 4 is 24.5 Å². The van der Waals surface area contributed by atoms with E-state index < -0.39 is 19.1 Å². The Morgan fingerprint density at radius 3 is 2.54 bits per heavy atom. The molecule has 2 aromatic rings. The number of carbonyl (C=O) groups excluding carboxylic acids is 2. The second kappa shape index (κ2) is 12.3. The average Bonchev–Trinajstić information content (AvgIpc) is 2.95. The fourth-order valence-electron chi connectivity index (χ4n) is 3.87. The van der Waals surface area contributed by atoms with Gasteiger partial charge in [-0.1, -0.05) is 30.9 Å². The lowest BCUT2D eigenvalue weighted by Crippen LogP contribution is -2.47. The number of allylic oxidation sites excluding steroid dienone is 3. The minimum Gasteiger partial charge on any atom is -0.494 e. The third-order valence-corrected chi connectivity index (χ3v) is 5.79. The molecule has 37 heavy (non-hydrogen) atoms. The largest absolute Gasteiger partial charge is 0.636 e. The lowest BCUT2D eigenvalue weighted by atomic mass is 9.78. The minimum atomic E-state index is -1.08. The average molecular weight is 504 g/mol. The van der Waals surface area contributed by atoms with E-state index in [0.717, 1.165) is 12.0 Å². The molecule has 1 fully saturated rings. The summed E-state index contributed by atoms with van der Waals surface area (Å²) in [4.78, 5) is 29.8. The summed E-state index contributed by atoms with van der Waals surface area (Å²) in [6.45, 7) is 4.23. The molecule has 9 nitrogen and oxygen atoms in total. The van der Waals surface area contributed by atoms with E-state index in [2.05, 4.69) is 11.6 Å². The first-order chi connectivity index (χ1) is 17.9. The predicted octanol–water partition coefficient (Wildman–Crippen LogP) is 2.82. The number of likely N-dealkylation sites (N-methyl/N-ethyl adjacent to an activating group) is 1. The zero-order valence-corrected chi connectivity index (χ0v) is 20.9. The van der Waals surface area contributed by atoms with Crippen molar-refractivity contribution in [3.63, 3.8) is 0 Å². The van der Waals surface area contributed by atoms with Gasteiger partial charge in [0.1, 0.15) is 17.6 Å². The number of ether oxygens (including phenoxy) is 3. The van der Waals surface area contributed by atoms with Crippen molar-refractivity contribution in [3.8, 4) is 17.4 Å². The number of aromatic nitrogens is 1. The van der Waals surface area contributed by atoms with Gasteiger partial charge in [0.15, 0.2) is 5.75 Å². The van der Waals surface area contributed by atoms with E-state index in [1.807, 2.05) is 18.2 Å². The lowest BCUT2D eigenvalue weighted by Gasteiger charge is -2.23. The number of hydrogen-bond donors (Lipinski definition) is 0. The summed E-state index contributed by atoms with van der Waals surface area (Å²) in [7, 11) is 2.14. The van der Waals surface area contributed by atoms with E-state index in [1.165, 1.54) is 4.90 Å². The molecule has 1 atom stereocenters.